The van der Waals surface area contributed by atoms with E-state index < -0.39 is 23.3 Å². The Kier molecular flexibility index (Phi) is 5.99. The second kappa shape index (κ2) is 8.89. The minimum atomic E-state index is -4.79. The van der Waals surface area contributed by atoms with Gasteiger partial charge in [-0.25, -0.2) is 4.79 Å². The van der Waals surface area contributed by atoms with Crippen LogP contribution in [0.1, 0.15) is 42.4 Å². The number of rotatable bonds is 5. The van der Waals surface area contributed by atoms with Gasteiger partial charge in [0.05, 0.1) is 0 Å². The number of anilines is 1. The molecule has 0 amide bonds. The van der Waals surface area contributed by atoms with Crippen LogP contribution in [0.15, 0.2) is 72.8 Å². The lowest BCUT2D eigenvalue weighted by atomic mass is 9.61. The zero-order chi connectivity index (χ0) is 25.6. The van der Waals surface area contributed by atoms with Gasteiger partial charge in [-0.05, 0) is 84.4 Å². The Morgan fingerprint density at radius 2 is 1.67 bits per heavy atom. The van der Waals surface area contributed by atoms with Gasteiger partial charge in [-0.2, -0.15) is 0 Å². The van der Waals surface area contributed by atoms with Crippen molar-refractivity contribution in [3.05, 3.63) is 94.5 Å². The highest BCUT2D eigenvalue weighted by Gasteiger charge is 2.51. The smallest absolute Gasteiger partial charge is 0.480 e. The average Bonchev–Trinajstić information content (AvgIpc) is 3.14. The fourth-order valence-electron chi connectivity index (χ4n) is 5.59. The standard InChI is InChI=1S/C28H23ClF3NO3/c29-20-7-4-8-21(17-20)33-27(25(34)35)13-11-26(12-14-27)23-10-2-1-5-19(23)16-24(26)18-6-3-9-22(15-18)36-28(30,31)32/h1-10,15-17,33H,11-14H2,(H,34,35). The van der Waals surface area contributed by atoms with Gasteiger partial charge in [0, 0.05) is 16.1 Å². The van der Waals surface area contributed by atoms with E-state index in [1.165, 1.54) is 12.1 Å². The maximum atomic E-state index is 12.9. The Balaban J connectivity index is 1.51. The number of alkyl halides is 3. The lowest BCUT2D eigenvalue weighted by molar-refractivity contribution is -0.274. The molecule has 0 heterocycles. The summed E-state index contributed by atoms with van der Waals surface area (Å²) >= 11 is 6.11. The number of halogens is 4. The second-order valence-electron chi connectivity index (χ2n) is 9.33. The third-order valence-corrected chi connectivity index (χ3v) is 7.48. The molecule has 0 aliphatic heterocycles. The summed E-state index contributed by atoms with van der Waals surface area (Å²) in [6.07, 6.45) is -1.15. The maximum Gasteiger partial charge on any atom is 0.573 e. The Bertz CT molecular complexity index is 1340. The number of hydrogen-bond donors (Lipinski definition) is 2. The highest BCUT2D eigenvalue weighted by atomic mass is 35.5. The Labute approximate surface area is 211 Å². The molecule has 4 nitrogen and oxygen atoms in total. The first-order valence-corrected chi connectivity index (χ1v) is 11.9. The topological polar surface area (TPSA) is 58.6 Å². The van der Waals surface area contributed by atoms with E-state index in [2.05, 4.69) is 10.1 Å². The summed E-state index contributed by atoms with van der Waals surface area (Å²) in [5, 5.41) is 13.9. The molecule has 2 N–H and O–H groups in total. The molecule has 2 aliphatic carbocycles. The van der Waals surface area contributed by atoms with Crippen molar-refractivity contribution in [1.82, 2.24) is 0 Å². The van der Waals surface area contributed by atoms with Crippen molar-refractivity contribution in [3.63, 3.8) is 0 Å². The van der Waals surface area contributed by atoms with Crippen molar-refractivity contribution in [1.29, 1.82) is 0 Å². The SMILES string of the molecule is O=C(O)C1(Nc2cccc(Cl)c2)CCC2(CC1)C(c1cccc(OC(F)(F)F)c1)=Cc1ccccc12. The summed E-state index contributed by atoms with van der Waals surface area (Å²) in [5.41, 5.74) is 2.45. The summed E-state index contributed by atoms with van der Waals surface area (Å²) in [6.45, 7) is 0. The summed E-state index contributed by atoms with van der Waals surface area (Å²) < 4.78 is 42.8. The molecule has 0 saturated heterocycles. The molecule has 1 saturated carbocycles. The van der Waals surface area contributed by atoms with Gasteiger partial charge in [0.2, 0.25) is 0 Å². The Hall–Kier alpha value is -3.45. The van der Waals surface area contributed by atoms with Crippen molar-refractivity contribution in [2.24, 2.45) is 0 Å². The molecular formula is C28H23ClF3NO3. The predicted octanol–water partition coefficient (Wildman–Crippen LogP) is 7.54. The van der Waals surface area contributed by atoms with Crippen molar-refractivity contribution in [3.8, 4) is 5.75 Å². The molecule has 0 radical (unpaired) electrons. The van der Waals surface area contributed by atoms with Gasteiger partial charge >= 0.3 is 12.3 Å². The van der Waals surface area contributed by atoms with E-state index in [1.807, 2.05) is 30.3 Å². The highest BCUT2D eigenvalue weighted by Crippen LogP contribution is 2.57. The molecule has 3 aromatic rings. The van der Waals surface area contributed by atoms with Crippen molar-refractivity contribution >= 4 is 34.9 Å². The van der Waals surface area contributed by atoms with Gasteiger partial charge in [0.1, 0.15) is 11.3 Å². The molecule has 5 rings (SSSR count). The predicted molar refractivity (Wildman–Crippen MR) is 133 cm³/mol. The lowest BCUT2D eigenvalue weighted by Crippen LogP contribution is -2.52. The molecule has 0 atom stereocenters. The minimum Gasteiger partial charge on any atom is -0.480 e. The van der Waals surface area contributed by atoms with Gasteiger partial charge < -0.3 is 15.2 Å². The van der Waals surface area contributed by atoms with Crippen LogP contribution in [0.4, 0.5) is 18.9 Å². The largest absolute Gasteiger partial charge is 0.573 e. The summed E-state index contributed by atoms with van der Waals surface area (Å²) in [5.74, 6) is -1.24. The van der Waals surface area contributed by atoms with Gasteiger partial charge in [-0.3, -0.25) is 0 Å². The molecule has 36 heavy (non-hydrogen) atoms. The molecule has 3 aromatic carbocycles. The van der Waals surface area contributed by atoms with Gasteiger partial charge in [0.15, 0.2) is 0 Å². The van der Waals surface area contributed by atoms with Gasteiger partial charge in [0.25, 0.3) is 0 Å². The molecular weight excluding hydrogens is 491 g/mol. The van der Waals surface area contributed by atoms with Crippen molar-refractivity contribution in [2.45, 2.75) is 43.0 Å². The number of hydrogen-bond acceptors (Lipinski definition) is 3. The first-order valence-electron chi connectivity index (χ1n) is 11.6. The fourth-order valence-corrected chi connectivity index (χ4v) is 5.79. The third kappa shape index (κ3) is 4.44. The van der Waals surface area contributed by atoms with E-state index in [0.29, 0.717) is 42.0 Å². The van der Waals surface area contributed by atoms with Gasteiger partial charge in [-0.1, -0.05) is 54.1 Å². The molecule has 186 valence electrons. The first kappa shape index (κ1) is 24.3. The number of nitrogens with one attached hydrogen (secondary N) is 1. The van der Waals surface area contributed by atoms with Crippen molar-refractivity contribution < 1.29 is 27.8 Å². The molecule has 1 spiro atoms. The summed E-state index contributed by atoms with van der Waals surface area (Å²) in [6, 6.07) is 20.8. The average molecular weight is 514 g/mol. The molecule has 0 aromatic heterocycles. The quantitative estimate of drug-likeness (QED) is 0.370. The Morgan fingerprint density at radius 3 is 2.36 bits per heavy atom. The van der Waals surface area contributed by atoms with Crippen LogP contribution in [0.25, 0.3) is 11.6 Å². The fraction of sp³-hybridized carbons (Fsp3) is 0.250. The van der Waals surface area contributed by atoms with Crippen LogP contribution in [0, 0.1) is 0 Å². The highest BCUT2D eigenvalue weighted by molar-refractivity contribution is 6.30. The van der Waals surface area contributed by atoms with Crippen molar-refractivity contribution in [2.75, 3.05) is 5.32 Å². The third-order valence-electron chi connectivity index (χ3n) is 7.25. The van der Waals surface area contributed by atoms with E-state index in [1.54, 1.807) is 36.4 Å². The molecule has 8 heteroatoms. The summed E-state index contributed by atoms with van der Waals surface area (Å²) in [4.78, 5) is 12.5. The second-order valence-corrected chi connectivity index (χ2v) is 9.76. The number of fused-ring (bicyclic) bond motifs is 2. The number of aliphatic carboxylic acids is 1. The maximum absolute atomic E-state index is 12.9. The Morgan fingerprint density at radius 1 is 0.944 bits per heavy atom. The first-order chi connectivity index (χ1) is 17.1. The number of carboxylic acids is 1. The van der Waals surface area contributed by atoms with E-state index in [9.17, 15) is 23.1 Å². The molecule has 2 aliphatic rings. The molecule has 1 fully saturated rings. The number of benzene rings is 3. The normalized spacial score (nSPS) is 23.2. The van der Waals surface area contributed by atoms with E-state index in [0.717, 1.165) is 16.7 Å². The molecule has 0 bridgehead atoms. The summed E-state index contributed by atoms with van der Waals surface area (Å²) in [7, 11) is 0. The minimum absolute atomic E-state index is 0.287. The van der Waals surface area contributed by atoms with E-state index in [4.69, 9.17) is 11.6 Å². The van der Waals surface area contributed by atoms with Gasteiger partial charge in [-0.15, -0.1) is 13.2 Å². The van der Waals surface area contributed by atoms with Crippen LogP contribution >= 0.6 is 11.6 Å². The zero-order valence-electron chi connectivity index (χ0n) is 19.1. The van der Waals surface area contributed by atoms with Crippen LogP contribution in [0.3, 0.4) is 0 Å². The number of carboxylic acid groups (broad SMARTS) is 1. The van der Waals surface area contributed by atoms with Crippen LogP contribution < -0.4 is 10.1 Å². The number of allylic oxidation sites excluding steroid dienone is 1. The van der Waals surface area contributed by atoms with Crippen LogP contribution in [0.2, 0.25) is 5.02 Å². The number of ether oxygens (including phenoxy) is 1. The van der Waals surface area contributed by atoms with Crippen LogP contribution in [0.5, 0.6) is 5.75 Å². The lowest BCUT2D eigenvalue weighted by Gasteiger charge is -2.45. The van der Waals surface area contributed by atoms with Crippen LogP contribution in [-0.2, 0) is 10.2 Å². The van der Waals surface area contributed by atoms with E-state index >= 15 is 0 Å². The monoisotopic (exact) mass is 513 g/mol. The zero-order valence-corrected chi connectivity index (χ0v) is 19.9. The molecule has 0 unspecified atom stereocenters. The van der Waals surface area contributed by atoms with Crippen LogP contribution in [-0.4, -0.2) is 23.0 Å². The van der Waals surface area contributed by atoms with E-state index in [-0.39, 0.29) is 5.75 Å². The number of carbonyl (C=O) groups is 1.